The number of nitrogens with one attached hydrogen (secondary N) is 2. The van der Waals surface area contributed by atoms with E-state index in [4.69, 9.17) is 9.72 Å². The summed E-state index contributed by atoms with van der Waals surface area (Å²) in [4.78, 5) is 19.6. The third-order valence-electron chi connectivity index (χ3n) is 5.59. The number of hydrogen-bond donors (Lipinski definition) is 2. The fourth-order valence-corrected chi connectivity index (χ4v) is 3.96. The van der Waals surface area contributed by atoms with Gasteiger partial charge in [0.25, 0.3) is 0 Å². The molecule has 4 aromatic rings. The molecule has 3 aromatic carbocycles. The van der Waals surface area contributed by atoms with Crippen molar-refractivity contribution in [2.45, 2.75) is 0 Å². The number of carbonyl (C=O) groups excluding carboxylic acids is 1. The van der Waals surface area contributed by atoms with Crippen molar-refractivity contribution in [2.75, 3.05) is 41.8 Å². The van der Waals surface area contributed by atoms with Crippen LogP contribution in [0.15, 0.2) is 78.9 Å². The van der Waals surface area contributed by atoms with Gasteiger partial charge in [-0.1, -0.05) is 42.5 Å². The normalized spacial score (nSPS) is 13.7. The van der Waals surface area contributed by atoms with E-state index in [0.29, 0.717) is 18.9 Å². The number of para-hydroxylation sites is 1. The molecule has 2 amide bonds. The minimum absolute atomic E-state index is 0.124. The molecule has 2 N–H and O–H groups in total. The van der Waals surface area contributed by atoms with E-state index in [1.54, 1.807) is 18.2 Å². The maximum Gasteiger partial charge on any atom is 0.323 e. The van der Waals surface area contributed by atoms with Crippen LogP contribution in [0.1, 0.15) is 0 Å². The van der Waals surface area contributed by atoms with Crippen LogP contribution < -0.4 is 15.5 Å². The molecule has 5 rings (SSSR count). The summed E-state index contributed by atoms with van der Waals surface area (Å²) in [7, 11) is 0. The number of rotatable bonds is 4. The fraction of sp³-hybridized carbons (Fsp3) is 0.154. The predicted octanol–water partition coefficient (Wildman–Crippen LogP) is 5.52. The van der Waals surface area contributed by atoms with Crippen LogP contribution in [-0.4, -0.2) is 37.3 Å². The van der Waals surface area contributed by atoms with Crippen LogP contribution in [0, 0.1) is 5.82 Å². The van der Waals surface area contributed by atoms with Gasteiger partial charge in [-0.25, -0.2) is 14.2 Å². The lowest BCUT2D eigenvalue weighted by Gasteiger charge is -2.30. The number of nitrogens with zero attached hydrogens (tertiary/aromatic N) is 2. The Bertz CT molecular complexity index is 1290. The Morgan fingerprint density at radius 3 is 2.45 bits per heavy atom. The topological polar surface area (TPSA) is 66.5 Å². The van der Waals surface area contributed by atoms with Gasteiger partial charge >= 0.3 is 6.03 Å². The highest BCUT2D eigenvalue weighted by Crippen LogP contribution is 2.33. The Balaban J connectivity index is 1.49. The minimum atomic E-state index is -0.513. The number of pyridine rings is 1. The zero-order chi connectivity index (χ0) is 22.6. The van der Waals surface area contributed by atoms with Gasteiger partial charge in [-0.15, -0.1) is 0 Å². The first-order chi connectivity index (χ1) is 16.2. The second kappa shape index (κ2) is 9.26. The summed E-state index contributed by atoms with van der Waals surface area (Å²) < 4.78 is 19.4. The van der Waals surface area contributed by atoms with Crippen LogP contribution in [0.25, 0.3) is 22.2 Å². The molecule has 1 saturated heterocycles. The number of halogens is 1. The molecule has 0 radical (unpaired) electrons. The molecule has 1 aliphatic rings. The minimum Gasteiger partial charge on any atom is -0.378 e. The van der Waals surface area contributed by atoms with E-state index in [2.05, 4.69) is 21.6 Å². The maximum absolute atomic E-state index is 13.9. The number of ether oxygens (including phenoxy) is 1. The van der Waals surface area contributed by atoms with Gasteiger partial charge in [0.2, 0.25) is 0 Å². The Kier molecular flexibility index (Phi) is 5.87. The van der Waals surface area contributed by atoms with Gasteiger partial charge in [0, 0.05) is 35.4 Å². The van der Waals surface area contributed by atoms with Crippen LogP contribution in [-0.2, 0) is 4.74 Å². The summed E-state index contributed by atoms with van der Waals surface area (Å²) >= 11 is 0. The summed E-state index contributed by atoms with van der Waals surface area (Å²) in [6, 6.07) is 23.3. The number of benzene rings is 3. The number of hydrogen-bond acceptors (Lipinski definition) is 4. The van der Waals surface area contributed by atoms with Gasteiger partial charge in [-0.3, -0.25) is 0 Å². The summed E-state index contributed by atoms with van der Waals surface area (Å²) in [5.41, 5.74) is 4.53. The van der Waals surface area contributed by atoms with Crippen molar-refractivity contribution < 1.29 is 13.9 Å². The van der Waals surface area contributed by atoms with E-state index in [0.717, 1.165) is 40.9 Å². The fourth-order valence-electron chi connectivity index (χ4n) is 3.96. The Labute approximate surface area is 191 Å². The third kappa shape index (κ3) is 4.63. The van der Waals surface area contributed by atoms with Crippen molar-refractivity contribution in [3.8, 4) is 11.3 Å². The second-order valence-corrected chi connectivity index (χ2v) is 7.78. The lowest BCUT2D eigenvalue weighted by Crippen LogP contribution is -2.36. The molecule has 7 heteroatoms. The summed E-state index contributed by atoms with van der Waals surface area (Å²) in [5.74, 6) is -0.488. The van der Waals surface area contributed by atoms with Crippen LogP contribution in [0.4, 0.5) is 26.2 Å². The maximum atomic E-state index is 13.9. The molecule has 1 fully saturated rings. The largest absolute Gasteiger partial charge is 0.378 e. The molecule has 6 nitrogen and oxygen atoms in total. The van der Waals surface area contributed by atoms with Gasteiger partial charge in [0.1, 0.15) is 5.82 Å². The number of urea groups is 1. The molecule has 166 valence electrons. The average molecular weight is 442 g/mol. The zero-order valence-corrected chi connectivity index (χ0v) is 17.9. The molecule has 0 aliphatic carbocycles. The summed E-state index contributed by atoms with van der Waals surface area (Å²) in [6.45, 7) is 2.87. The van der Waals surface area contributed by atoms with E-state index in [9.17, 15) is 9.18 Å². The van der Waals surface area contributed by atoms with Crippen molar-refractivity contribution >= 4 is 34.0 Å². The lowest BCUT2D eigenvalue weighted by molar-refractivity contribution is 0.123. The molecular formula is C26H23FN4O2. The number of amides is 2. The van der Waals surface area contributed by atoms with E-state index >= 15 is 0 Å². The molecule has 1 aromatic heterocycles. The molecule has 33 heavy (non-hydrogen) atoms. The Hall–Kier alpha value is -3.97. The third-order valence-corrected chi connectivity index (χ3v) is 5.59. The molecule has 1 aliphatic heterocycles. The van der Waals surface area contributed by atoms with Gasteiger partial charge in [0.05, 0.1) is 30.1 Å². The predicted molar refractivity (Wildman–Crippen MR) is 129 cm³/mol. The molecule has 2 heterocycles. The van der Waals surface area contributed by atoms with Crippen LogP contribution in [0.5, 0.6) is 0 Å². The van der Waals surface area contributed by atoms with Crippen molar-refractivity contribution in [3.63, 3.8) is 0 Å². The van der Waals surface area contributed by atoms with Gasteiger partial charge in [0.15, 0.2) is 0 Å². The van der Waals surface area contributed by atoms with Crippen LogP contribution in [0.2, 0.25) is 0 Å². The number of fused-ring (bicyclic) bond motifs is 1. The summed E-state index contributed by atoms with van der Waals surface area (Å²) in [6.07, 6.45) is 0. The molecule has 0 bridgehead atoms. The van der Waals surface area contributed by atoms with E-state index < -0.39 is 11.8 Å². The second-order valence-electron chi connectivity index (χ2n) is 7.78. The first kappa shape index (κ1) is 20.9. The van der Waals surface area contributed by atoms with Crippen molar-refractivity contribution in [2.24, 2.45) is 0 Å². The van der Waals surface area contributed by atoms with Gasteiger partial charge in [-0.2, -0.15) is 0 Å². The number of morpholine rings is 1. The number of aromatic nitrogens is 1. The highest BCUT2D eigenvalue weighted by Gasteiger charge is 2.17. The monoisotopic (exact) mass is 442 g/mol. The number of anilines is 3. The average Bonchev–Trinajstić information content (AvgIpc) is 2.86. The van der Waals surface area contributed by atoms with Crippen molar-refractivity contribution in [3.05, 3.63) is 84.7 Å². The highest BCUT2D eigenvalue weighted by atomic mass is 19.1. The van der Waals surface area contributed by atoms with E-state index in [-0.39, 0.29) is 5.69 Å². The van der Waals surface area contributed by atoms with E-state index in [1.807, 2.05) is 42.5 Å². The van der Waals surface area contributed by atoms with Crippen molar-refractivity contribution in [1.29, 1.82) is 0 Å². The SMILES string of the molecule is O=C(Nc1ccc2nc(-c3ccccc3)cc(N3CCOCC3)c2c1)Nc1ccccc1F. The van der Waals surface area contributed by atoms with Crippen molar-refractivity contribution in [1.82, 2.24) is 4.98 Å². The molecule has 0 saturated carbocycles. The lowest BCUT2D eigenvalue weighted by atomic mass is 10.1. The standard InChI is InChI=1S/C26H23FN4O2/c27-21-8-4-5-9-23(21)30-26(32)28-19-10-11-22-20(16-19)25(31-12-14-33-15-13-31)17-24(29-22)18-6-2-1-3-7-18/h1-11,16-17H,12-15H2,(H2,28,30,32). The first-order valence-electron chi connectivity index (χ1n) is 10.8. The zero-order valence-electron chi connectivity index (χ0n) is 17.9. The highest BCUT2D eigenvalue weighted by molar-refractivity contribution is 6.03. The number of carbonyl (C=O) groups is 1. The quantitative estimate of drug-likeness (QED) is 0.437. The van der Waals surface area contributed by atoms with Crippen LogP contribution >= 0.6 is 0 Å². The van der Waals surface area contributed by atoms with E-state index in [1.165, 1.54) is 12.1 Å². The Morgan fingerprint density at radius 2 is 1.67 bits per heavy atom. The Morgan fingerprint density at radius 1 is 0.909 bits per heavy atom. The van der Waals surface area contributed by atoms with Gasteiger partial charge in [-0.05, 0) is 36.4 Å². The van der Waals surface area contributed by atoms with Crippen LogP contribution in [0.3, 0.4) is 0 Å². The summed E-state index contributed by atoms with van der Waals surface area (Å²) in [5, 5.41) is 6.28. The first-order valence-corrected chi connectivity index (χ1v) is 10.8. The molecular weight excluding hydrogens is 419 g/mol. The molecule has 0 unspecified atom stereocenters. The smallest absolute Gasteiger partial charge is 0.323 e. The molecule has 0 spiro atoms. The molecule has 0 atom stereocenters. The van der Waals surface area contributed by atoms with Gasteiger partial charge < -0.3 is 20.3 Å².